The Kier molecular flexibility index (Phi) is 2.26. The van der Waals surface area contributed by atoms with Crippen molar-refractivity contribution >= 4 is 21.6 Å². The SMILES string of the molecule is Cc1ccc2nc(-n3nc(C)cc3C)sc2c1. The maximum absolute atomic E-state index is 4.62. The monoisotopic (exact) mass is 243 g/mol. The lowest BCUT2D eigenvalue weighted by Crippen LogP contribution is -1.97. The van der Waals surface area contributed by atoms with Gasteiger partial charge in [0, 0.05) is 5.69 Å². The lowest BCUT2D eigenvalue weighted by molar-refractivity contribution is 0.828. The van der Waals surface area contributed by atoms with E-state index < -0.39 is 0 Å². The number of rotatable bonds is 1. The molecular formula is C13H13N3S. The van der Waals surface area contributed by atoms with Crippen LogP contribution in [0.4, 0.5) is 0 Å². The van der Waals surface area contributed by atoms with Gasteiger partial charge in [-0.1, -0.05) is 17.4 Å². The zero-order valence-corrected chi connectivity index (χ0v) is 10.9. The van der Waals surface area contributed by atoms with Gasteiger partial charge in [0.2, 0.25) is 5.13 Å². The van der Waals surface area contributed by atoms with E-state index in [1.165, 1.54) is 10.3 Å². The molecule has 0 radical (unpaired) electrons. The molecule has 3 aromatic rings. The Morgan fingerprint density at radius 2 is 1.94 bits per heavy atom. The maximum Gasteiger partial charge on any atom is 0.211 e. The first-order chi connectivity index (χ1) is 8.13. The Morgan fingerprint density at radius 3 is 2.65 bits per heavy atom. The topological polar surface area (TPSA) is 30.7 Å². The molecule has 0 atom stereocenters. The van der Waals surface area contributed by atoms with Gasteiger partial charge in [0.05, 0.1) is 15.9 Å². The molecule has 0 amide bonds. The smallest absolute Gasteiger partial charge is 0.211 e. The first kappa shape index (κ1) is 10.5. The third kappa shape index (κ3) is 1.74. The van der Waals surface area contributed by atoms with Crippen molar-refractivity contribution in [2.75, 3.05) is 0 Å². The summed E-state index contributed by atoms with van der Waals surface area (Å²) in [6, 6.07) is 8.39. The largest absolute Gasteiger partial charge is 0.218 e. The summed E-state index contributed by atoms with van der Waals surface area (Å²) < 4.78 is 3.13. The summed E-state index contributed by atoms with van der Waals surface area (Å²) in [5.41, 5.74) is 4.46. The number of aryl methyl sites for hydroxylation is 3. The molecule has 0 fully saturated rings. The molecule has 86 valence electrons. The van der Waals surface area contributed by atoms with Crippen LogP contribution in [-0.4, -0.2) is 14.8 Å². The van der Waals surface area contributed by atoms with Crippen molar-refractivity contribution in [1.82, 2.24) is 14.8 Å². The Hall–Kier alpha value is -1.68. The summed E-state index contributed by atoms with van der Waals surface area (Å²) in [5.74, 6) is 0. The van der Waals surface area contributed by atoms with Gasteiger partial charge in [0.25, 0.3) is 0 Å². The van der Waals surface area contributed by atoms with Gasteiger partial charge in [-0.05, 0) is 44.5 Å². The fourth-order valence-electron chi connectivity index (χ4n) is 1.93. The highest BCUT2D eigenvalue weighted by atomic mass is 32.1. The number of aromatic nitrogens is 3. The van der Waals surface area contributed by atoms with Crippen LogP contribution in [0.3, 0.4) is 0 Å². The number of thiazole rings is 1. The van der Waals surface area contributed by atoms with Gasteiger partial charge >= 0.3 is 0 Å². The van der Waals surface area contributed by atoms with Crippen molar-refractivity contribution in [3.05, 3.63) is 41.2 Å². The average Bonchev–Trinajstić information content (AvgIpc) is 2.80. The molecule has 3 nitrogen and oxygen atoms in total. The van der Waals surface area contributed by atoms with Crippen LogP contribution in [-0.2, 0) is 0 Å². The van der Waals surface area contributed by atoms with E-state index in [9.17, 15) is 0 Å². The summed E-state index contributed by atoms with van der Waals surface area (Å²) in [6.45, 7) is 6.15. The van der Waals surface area contributed by atoms with E-state index in [0.29, 0.717) is 0 Å². The molecule has 0 bridgehead atoms. The molecule has 2 aromatic heterocycles. The summed E-state index contributed by atoms with van der Waals surface area (Å²) in [4.78, 5) is 4.62. The van der Waals surface area contributed by atoms with Crippen molar-refractivity contribution in [2.24, 2.45) is 0 Å². The Bertz CT molecular complexity index is 694. The van der Waals surface area contributed by atoms with Crippen LogP contribution < -0.4 is 0 Å². The minimum Gasteiger partial charge on any atom is -0.218 e. The summed E-state index contributed by atoms with van der Waals surface area (Å²) >= 11 is 1.68. The van der Waals surface area contributed by atoms with Gasteiger partial charge in [0.15, 0.2) is 0 Å². The van der Waals surface area contributed by atoms with Crippen LogP contribution in [0.2, 0.25) is 0 Å². The molecule has 0 unspecified atom stereocenters. The standard InChI is InChI=1S/C13H13N3S/c1-8-4-5-11-12(6-8)17-13(14-11)16-10(3)7-9(2)15-16/h4-7H,1-3H3. The van der Waals surface area contributed by atoms with Gasteiger partial charge in [-0.2, -0.15) is 5.10 Å². The highest BCUT2D eigenvalue weighted by Crippen LogP contribution is 2.26. The molecule has 1 aromatic carbocycles. The van der Waals surface area contributed by atoms with Gasteiger partial charge in [-0.3, -0.25) is 0 Å². The number of nitrogens with zero attached hydrogens (tertiary/aromatic N) is 3. The molecule has 0 aliphatic heterocycles. The average molecular weight is 243 g/mol. The van der Waals surface area contributed by atoms with E-state index >= 15 is 0 Å². The zero-order valence-electron chi connectivity index (χ0n) is 10.1. The van der Waals surface area contributed by atoms with Crippen LogP contribution in [0.15, 0.2) is 24.3 Å². The van der Waals surface area contributed by atoms with Gasteiger partial charge < -0.3 is 0 Å². The minimum atomic E-state index is 0.941. The first-order valence-corrected chi connectivity index (χ1v) is 6.36. The normalized spacial score (nSPS) is 11.2. The van der Waals surface area contributed by atoms with Crippen LogP contribution in [0.1, 0.15) is 17.0 Å². The minimum absolute atomic E-state index is 0.941. The molecule has 0 saturated heterocycles. The lowest BCUT2D eigenvalue weighted by atomic mass is 10.2. The van der Waals surface area contributed by atoms with Crippen LogP contribution in [0.5, 0.6) is 0 Å². The van der Waals surface area contributed by atoms with Crippen molar-refractivity contribution in [3.63, 3.8) is 0 Å². The molecule has 0 spiro atoms. The van der Waals surface area contributed by atoms with Gasteiger partial charge in [-0.15, -0.1) is 0 Å². The third-order valence-electron chi connectivity index (χ3n) is 2.72. The highest BCUT2D eigenvalue weighted by molar-refractivity contribution is 7.20. The molecule has 0 aliphatic rings. The maximum atomic E-state index is 4.62. The van der Waals surface area contributed by atoms with E-state index in [0.717, 1.165) is 22.0 Å². The molecule has 2 heterocycles. The van der Waals surface area contributed by atoms with E-state index in [-0.39, 0.29) is 0 Å². The van der Waals surface area contributed by atoms with Crippen LogP contribution in [0, 0.1) is 20.8 Å². The summed E-state index contributed by atoms with van der Waals surface area (Å²) in [6.07, 6.45) is 0. The number of hydrogen-bond donors (Lipinski definition) is 0. The Balaban J connectivity index is 2.21. The van der Waals surface area contributed by atoms with Crippen molar-refractivity contribution in [1.29, 1.82) is 0 Å². The fourth-order valence-corrected chi connectivity index (χ4v) is 3.01. The Labute approximate surface area is 104 Å². The second-order valence-corrected chi connectivity index (χ2v) is 5.32. The van der Waals surface area contributed by atoms with Gasteiger partial charge in [0.1, 0.15) is 0 Å². The predicted molar refractivity (Wildman–Crippen MR) is 71.0 cm³/mol. The van der Waals surface area contributed by atoms with E-state index in [2.05, 4.69) is 48.2 Å². The zero-order chi connectivity index (χ0) is 12.0. The molecule has 17 heavy (non-hydrogen) atoms. The quantitative estimate of drug-likeness (QED) is 0.655. The van der Waals surface area contributed by atoms with E-state index in [1.807, 2.05) is 11.6 Å². The van der Waals surface area contributed by atoms with Gasteiger partial charge in [-0.25, -0.2) is 9.67 Å². The van der Waals surface area contributed by atoms with Crippen molar-refractivity contribution < 1.29 is 0 Å². The number of fused-ring (bicyclic) bond motifs is 1. The van der Waals surface area contributed by atoms with Crippen LogP contribution >= 0.6 is 11.3 Å². The van der Waals surface area contributed by atoms with E-state index in [1.54, 1.807) is 11.3 Å². The van der Waals surface area contributed by atoms with Crippen molar-refractivity contribution in [2.45, 2.75) is 20.8 Å². The number of hydrogen-bond acceptors (Lipinski definition) is 3. The second kappa shape index (κ2) is 3.67. The summed E-state index contributed by atoms with van der Waals surface area (Å²) in [7, 11) is 0. The molecule has 0 N–H and O–H groups in total. The third-order valence-corrected chi connectivity index (χ3v) is 3.72. The first-order valence-electron chi connectivity index (χ1n) is 5.54. The van der Waals surface area contributed by atoms with E-state index in [4.69, 9.17) is 0 Å². The second-order valence-electron chi connectivity index (χ2n) is 4.31. The molecule has 0 saturated carbocycles. The molecule has 4 heteroatoms. The van der Waals surface area contributed by atoms with Crippen molar-refractivity contribution in [3.8, 4) is 5.13 Å². The molecule has 0 aliphatic carbocycles. The van der Waals surface area contributed by atoms with Crippen LogP contribution in [0.25, 0.3) is 15.3 Å². The fraction of sp³-hybridized carbons (Fsp3) is 0.231. The molecular weight excluding hydrogens is 230 g/mol. The number of benzene rings is 1. The Morgan fingerprint density at radius 1 is 1.12 bits per heavy atom. The highest BCUT2D eigenvalue weighted by Gasteiger charge is 2.09. The predicted octanol–water partition coefficient (Wildman–Crippen LogP) is 3.41. The molecule has 3 rings (SSSR count). The summed E-state index contributed by atoms with van der Waals surface area (Å²) in [5, 5.41) is 5.40. The lowest BCUT2D eigenvalue weighted by Gasteiger charge is -1.96.